The maximum absolute atomic E-state index is 12.4. The van der Waals surface area contributed by atoms with E-state index < -0.39 is 0 Å². The van der Waals surface area contributed by atoms with Crippen molar-refractivity contribution in [1.82, 2.24) is 4.90 Å². The Morgan fingerprint density at radius 1 is 1.39 bits per heavy atom. The van der Waals surface area contributed by atoms with E-state index in [-0.39, 0.29) is 18.3 Å². The molecule has 1 amide bonds. The molecule has 4 heteroatoms. The van der Waals surface area contributed by atoms with Gasteiger partial charge in [-0.05, 0) is 43.9 Å². The zero-order valence-electron chi connectivity index (χ0n) is 11.0. The van der Waals surface area contributed by atoms with Gasteiger partial charge in [-0.3, -0.25) is 4.79 Å². The molecule has 0 aromatic heterocycles. The van der Waals surface area contributed by atoms with Crippen molar-refractivity contribution in [3.05, 3.63) is 34.9 Å². The summed E-state index contributed by atoms with van der Waals surface area (Å²) in [5.41, 5.74) is 8.65. The molecule has 1 heterocycles. The molecule has 1 aliphatic heterocycles. The summed E-state index contributed by atoms with van der Waals surface area (Å²) in [6.07, 6.45) is 1.03. The number of carbonyl (C=O) groups is 1. The maximum atomic E-state index is 12.4. The van der Waals surface area contributed by atoms with Gasteiger partial charge in [0.15, 0.2) is 0 Å². The van der Waals surface area contributed by atoms with Gasteiger partial charge in [-0.15, -0.1) is 12.4 Å². The van der Waals surface area contributed by atoms with Crippen molar-refractivity contribution in [3.63, 3.8) is 0 Å². The summed E-state index contributed by atoms with van der Waals surface area (Å²) >= 11 is 0. The Morgan fingerprint density at radius 2 is 2.00 bits per heavy atom. The van der Waals surface area contributed by atoms with Crippen molar-refractivity contribution in [2.24, 2.45) is 11.7 Å². The first-order valence-electron chi connectivity index (χ1n) is 6.19. The molecule has 0 saturated carbocycles. The number of hydrogen-bond acceptors (Lipinski definition) is 2. The average molecular weight is 269 g/mol. The zero-order valence-corrected chi connectivity index (χ0v) is 11.8. The van der Waals surface area contributed by atoms with Crippen LogP contribution in [-0.4, -0.2) is 30.4 Å². The number of rotatable bonds is 2. The lowest BCUT2D eigenvalue weighted by Gasteiger charge is -2.19. The van der Waals surface area contributed by atoms with Crippen LogP contribution < -0.4 is 5.73 Å². The minimum absolute atomic E-state index is 0. The number of nitrogens with zero attached hydrogens (tertiary/aromatic N) is 1. The van der Waals surface area contributed by atoms with E-state index in [9.17, 15) is 4.79 Å². The molecule has 1 atom stereocenters. The van der Waals surface area contributed by atoms with Gasteiger partial charge in [0.2, 0.25) is 0 Å². The van der Waals surface area contributed by atoms with Gasteiger partial charge < -0.3 is 10.6 Å². The summed E-state index contributed by atoms with van der Waals surface area (Å²) in [5, 5.41) is 0. The second-order valence-corrected chi connectivity index (χ2v) is 4.91. The Hall–Kier alpha value is -1.06. The number of nitrogens with two attached hydrogens (primary N) is 1. The SMILES string of the molecule is Cc1cccc(C)c1C(=O)N1CCC(CN)C1.Cl. The van der Waals surface area contributed by atoms with Crippen LogP contribution in [0.4, 0.5) is 0 Å². The number of hydrogen-bond donors (Lipinski definition) is 1. The third-order valence-corrected chi connectivity index (χ3v) is 3.60. The molecule has 2 N–H and O–H groups in total. The lowest BCUT2D eigenvalue weighted by atomic mass is 10.0. The van der Waals surface area contributed by atoms with E-state index in [4.69, 9.17) is 5.73 Å². The first kappa shape index (κ1) is 15.0. The molecular weight excluding hydrogens is 248 g/mol. The quantitative estimate of drug-likeness (QED) is 0.893. The van der Waals surface area contributed by atoms with E-state index in [2.05, 4.69) is 0 Å². The van der Waals surface area contributed by atoms with Gasteiger partial charge in [0.05, 0.1) is 0 Å². The number of aryl methyl sites for hydroxylation is 2. The van der Waals surface area contributed by atoms with Gasteiger partial charge in [-0.1, -0.05) is 18.2 Å². The minimum Gasteiger partial charge on any atom is -0.338 e. The molecule has 100 valence electrons. The molecule has 0 radical (unpaired) electrons. The van der Waals surface area contributed by atoms with Gasteiger partial charge >= 0.3 is 0 Å². The monoisotopic (exact) mass is 268 g/mol. The number of halogens is 1. The fraction of sp³-hybridized carbons (Fsp3) is 0.500. The van der Waals surface area contributed by atoms with Crippen LogP contribution in [0.3, 0.4) is 0 Å². The van der Waals surface area contributed by atoms with Crippen LogP contribution in [-0.2, 0) is 0 Å². The van der Waals surface area contributed by atoms with E-state index >= 15 is 0 Å². The number of likely N-dealkylation sites (tertiary alicyclic amines) is 1. The Balaban J connectivity index is 0.00000162. The van der Waals surface area contributed by atoms with Crippen molar-refractivity contribution in [2.45, 2.75) is 20.3 Å². The molecule has 0 aliphatic carbocycles. The molecule has 1 saturated heterocycles. The summed E-state index contributed by atoms with van der Waals surface area (Å²) in [4.78, 5) is 14.4. The standard InChI is InChI=1S/C14H20N2O.ClH/c1-10-4-3-5-11(2)13(10)14(17)16-7-6-12(8-15)9-16;/h3-5,12H,6-9,15H2,1-2H3;1H. The van der Waals surface area contributed by atoms with Crippen molar-refractivity contribution >= 4 is 18.3 Å². The molecule has 1 fully saturated rings. The Morgan fingerprint density at radius 3 is 2.50 bits per heavy atom. The first-order valence-corrected chi connectivity index (χ1v) is 6.19. The molecule has 3 nitrogen and oxygen atoms in total. The zero-order chi connectivity index (χ0) is 12.4. The Kier molecular flexibility index (Phi) is 5.17. The molecule has 1 aromatic rings. The van der Waals surface area contributed by atoms with Crippen LogP contribution in [0.15, 0.2) is 18.2 Å². The molecule has 1 aromatic carbocycles. The molecule has 0 spiro atoms. The average Bonchev–Trinajstić information content (AvgIpc) is 2.77. The maximum Gasteiger partial charge on any atom is 0.254 e. The summed E-state index contributed by atoms with van der Waals surface area (Å²) < 4.78 is 0. The van der Waals surface area contributed by atoms with Crippen molar-refractivity contribution in [1.29, 1.82) is 0 Å². The van der Waals surface area contributed by atoms with Gasteiger partial charge in [0.1, 0.15) is 0 Å². The highest BCUT2D eigenvalue weighted by Gasteiger charge is 2.27. The van der Waals surface area contributed by atoms with Crippen molar-refractivity contribution in [2.75, 3.05) is 19.6 Å². The lowest BCUT2D eigenvalue weighted by Crippen LogP contribution is -2.30. The molecule has 2 rings (SSSR count). The van der Waals surface area contributed by atoms with Gasteiger partial charge in [-0.25, -0.2) is 0 Å². The summed E-state index contributed by atoms with van der Waals surface area (Å²) in [7, 11) is 0. The van der Waals surface area contributed by atoms with Crippen LogP contribution in [0.25, 0.3) is 0 Å². The van der Waals surface area contributed by atoms with Gasteiger partial charge in [-0.2, -0.15) is 0 Å². The fourth-order valence-corrected chi connectivity index (χ4v) is 2.52. The van der Waals surface area contributed by atoms with Crippen molar-refractivity contribution < 1.29 is 4.79 Å². The third kappa shape index (κ3) is 2.85. The highest BCUT2D eigenvalue weighted by atomic mass is 35.5. The predicted octanol–water partition coefficient (Wildman–Crippen LogP) is 2.15. The minimum atomic E-state index is 0. The Bertz CT molecular complexity index is 414. The highest BCUT2D eigenvalue weighted by molar-refractivity contribution is 5.97. The number of amides is 1. The van der Waals surface area contributed by atoms with E-state index in [1.807, 2.05) is 36.9 Å². The van der Waals surface area contributed by atoms with Crippen LogP contribution in [0.2, 0.25) is 0 Å². The molecule has 1 unspecified atom stereocenters. The van der Waals surface area contributed by atoms with Crippen LogP contribution in [0.5, 0.6) is 0 Å². The fourth-order valence-electron chi connectivity index (χ4n) is 2.52. The van der Waals surface area contributed by atoms with Crippen LogP contribution >= 0.6 is 12.4 Å². The second kappa shape index (κ2) is 6.21. The molecule has 18 heavy (non-hydrogen) atoms. The molecule has 1 aliphatic rings. The van der Waals surface area contributed by atoms with E-state index in [0.29, 0.717) is 12.5 Å². The molecule has 0 bridgehead atoms. The van der Waals surface area contributed by atoms with E-state index in [1.54, 1.807) is 0 Å². The number of carbonyl (C=O) groups excluding carboxylic acids is 1. The van der Waals surface area contributed by atoms with E-state index in [0.717, 1.165) is 36.2 Å². The van der Waals surface area contributed by atoms with Crippen LogP contribution in [0.1, 0.15) is 27.9 Å². The van der Waals surface area contributed by atoms with Gasteiger partial charge in [0, 0.05) is 18.7 Å². The Labute approximate surface area is 115 Å². The largest absolute Gasteiger partial charge is 0.338 e. The summed E-state index contributed by atoms with van der Waals surface area (Å²) in [6.45, 7) is 6.32. The number of benzene rings is 1. The van der Waals surface area contributed by atoms with Gasteiger partial charge in [0.25, 0.3) is 5.91 Å². The lowest BCUT2D eigenvalue weighted by molar-refractivity contribution is 0.0786. The summed E-state index contributed by atoms with van der Waals surface area (Å²) in [5.74, 6) is 0.639. The molecular formula is C14H21ClN2O. The first-order chi connectivity index (χ1) is 8.13. The topological polar surface area (TPSA) is 46.3 Å². The normalized spacial score (nSPS) is 18.6. The summed E-state index contributed by atoms with van der Waals surface area (Å²) in [6, 6.07) is 5.99. The van der Waals surface area contributed by atoms with E-state index in [1.165, 1.54) is 0 Å². The third-order valence-electron chi connectivity index (χ3n) is 3.60. The second-order valence-electron chi connectivity index (χ2n) is 4.91. The predicted molar refractivity (Wildman–Crippen MR) is 76.2 cm³/mol. The smallest absolute Gasteiger partial charge is 0.254 e. The highest BCUT2D eigenvalue weighted by Crippen LogP contribution is 2.21. The van der Waals surface area contributed by atoms with Crippen molar-refractivity contribution in [3.8, 4) is 0 Å². The van der Waals surface area contributed by atoms with Crippen LogP contribution in [0, 0.1) is 19.8 Å².